The second-order valence-corrected chi connectivity index (χ2v) is 13.6. The molecule has 1 aliphatic rings. The van der Waals surface area contributed by atoms with Gasteiger partial charge in [0, 0.05) is 18.4 Å². The Balaban J connectivity index is 1.17. The second kappa shape index (κ2) is 18.2. The number of nitrogens with one attached hydrogen (secondary N) is 2. The van der Waals surface area contributed by atoms with E-state index in [-0.39, 0.29) is 12.5 Å². The van der Waals surface area contributed by atoms with Crippen LogP contribution >= 0.6 is 0 Å². The van der Waals surface area contributed by atoms with Crippen LogP contribution < -0.4 is 10.6 Å². The van der Waals surface area contributed by atoms with Crippen molar-refractivity contribution in [2.75, 3.05) is 26.2 Å². The Bertz CT molecular complexity index is 1720. The predicted octanol–water partition coefficient (Wildman–Crippen LogP) is 8.29. The van der Waals surface area contributed by atoms with E-state index in [9.17, 15) is 9.59 Å². The SMILES string of the molecule is O=C(N[C@@H](Cc1ccccc1)C(=O)NCC(CCCN1CCC(c2ccccc2)CC1)(c1ccccc1)c1ccccc1)OCc1ccccc1. The fraction of sp³-hybridized carbons (Fsp3) is 0.289. The van der Waals surface area contributed by atoms with Crippen molar-refractivity contribution in [2.45, 2.75) is 56.1 Å². The zero-order chi connectivity index (χ0) is 35.1. The van der Waals surface area contributed by atoms with E-state index in [1.54, 1.807) is 0 Å². The first kappa shape index (κ1) is 35.6. The standard InChI is InChI=1S/C45H49N3O3/c49-43(42(33-36-17-6-1-7-18-36)47-44(50)51-34-37-19-8-2-9-20-37)46-35-45(40-23-12-4-13-24-40,41-25-14-5-15-26-41)29-16-30-48-31-27-39(28-32-48)38-21-10-3-11-22-38/h1-15,17-26,39,42H,16,27-35H2,(H,46,49)(H,47,50)/t42-/m0/s1. The normalized spacial score (nSPS) is 14.4. The molecule has 6 heteroatoms. The van der Waals surface area contributed by atoms with Gasteiger partial charge in [-0.3, -0.25) is 4.79 Å². The van der Waals surface area contributed by atoms with Gasteiger partial charge in [0.05, 0.1) is 0 Å². The molecule has 0 aliphatic carbocycles. The second-order valence-electron chi connectivity index (χ2n) is 13.6. The van der Waals surface area contributed by atoms with Crippen molar-refractivity contribution < 1.29 is 14.3 Å². The molecule has 0 bridgehead atoms. The summed E-state index contributed by atoms with van der Waals surface area (Å²) in [4.78, 5) is 29.8. The maximum absolute atomic E-state index is 14.1. The smallest absolute Gasteiger partial charge is 0.408 e. The van der Waals surface area contributed by atoms with E-state index in [1.807, 2.05) is 72.8 Å². The predicted molar refractivity (Wildman–Crippen MR) is 204 cm³/mol. The number of nitrogens with zero attached hydrogens (tertiary/aromatic N) is 1. The zero-order valence-corrected chi connectivity index (χ0v) is 29.3. The van der Waals surface area contributed by atoms with Gasteiger partial charge in [-0.1, -0.05) is 152 Å². The summed E-state index contributed by atoms with van der Waals surface area (Å²) in [7, 11) is 0. The Morgan fingerprint density at radius 2 is 1.20 bits per heavy atom. The van der Waals surface area contributed by atoms with Crippen molar-refractivity contribution in [2.24, 2.45) is 0 Å². The highest BCUT2D eigenvalue weighted by Gasteiger charge is 2.36. The van der Waals surface area contributed by atoms with E-state index in [0.29, 0.717) is 18.9 Å². The number of piperidine rings is 1. The lowest BCUT2D eigenvalue weighted by Crippen LogP contribution is -2.51. The summed E-state index contributed by atoms with van der Waals surface area (Å²) in [5, 5.41) is 6.18. The molecule has 1 aliphatic heterocycles. The minimum Gasteiger partial charge on any atom is -0.445 e. The third-order valence-corrected chi connectivity index (χ3v) is 10.3. The van der Waals surface area contributed by atoms with Crippen LogP contribution in [0.15, 0.2) is 152 Å². The summed E-state index contributed by atoms with van der Waals surface area (Å²) in [6.07, 6.45) is 3.90. The van der Waals surface area contributed by atoms with Crippen LogP contribution in [0.2, 0.25) is 0 Å². The summed E-state index contributed by atoms with van der Waals surface area (Å²) in [5.74, 6) is 0.383. The number of hydrogen-bond donors (Lipinski definition) is 2. The molecular weight excluding hydrogens is 631 g/mol. The molecule has 0 radical (unpaired) electrons. The average molecular weight is 680 g/mol. The molecule has 0 saturated carbocycles. The fourth-order valence-corrected chi connectivity index (χ4v) is 7.41. The fourth-order valence-electron chi connectivity index (χ4n) is 7.41. The summed E-state index contributed by atoms with van der Waals surface area (Å²) in [5.41, 5.74) is 5.14. The minimum absolute atomic E-state index is 0.126. The first-order valence-electron chi connectivity index (χ1n) is 18.3. The quantitative estimate of drug-likeness (QED) is 0.117. The van der Waals surface area contributed by atoms with Crippen molar-refractivity contribution in [3.05, 3.63) is 179 Å². The molecular formula is C45H49N3O3. The van der Waals surface area contributed by atoms with Gasteiger partial charge in [-0.25, -0.2) is 4.79 Å². The van der Waals surface area contributed by atoms with Gasteiger partial charge in [0.1, 0.15) is 12.6 Å². The topological polar surface area (TPSA) is 70.7 Å². The van der Waals surface area contributed by atoms with Crippen LogP contribution in [0.5, 0.6) is 0 Å². The molecule has 6 nitrogen and oxygen atoms in total. The lowest BCUT2D eigenvalue weighted by molar-refractivity contribution is -0.123. The molecule has 2 amide bonds. The maximum atomic E-state index is 14.1. The molecule has 1 saturated heterocycles. The van der Waals surface area contributed by atoms with Gasteiger partial charge >= 0.3 is 6.09 Å². The Labute approximate surface area is 302 Å². The van der Waals surface area contributed by atoms with E-state index < -0.39 is 17.6 Å². The van der Waals surface area contributed by atoms with Crippen molar-refractivity contribution in [3.63, 3.8) is 0 Å². The van der Waals surface area contributed by atoms with Gasteiger partial charge in [0.2, 0.25) is 5.91 Å². The monoisotopic (exact) mass is 679 g/mol. The third kappa shape index (κ3) is 9.95. The summed E-state index contributed by atoms with van der Waals surface area (Å²) < 4.78 is 5.54. The zero-order valence-electron chi connectivity index (χ0n) is 29.3. The molecule has 1 heterocycles. The van der Waals surface area contributed by atoms with E-state index in [1.165, 1.54) is 18.4 Å². The van der Waals surface area contributed by atoms with Crippen molar-refractivity contribution >= 4 is 12.0 Å². The largest absolute Gasteiger partial charge is 0.445 e. The van der Waals surface area contributed by atoms with Crippen LogP contribution in [0.1, 0.15) is 59.4 Å². The van der Waals surface area contributed by atoms with Crippen molar-refractivity contribution in [1.82, 2.24) is 15.5 Å². The van der Waals surface area contributed by atoms with Gasteiger partial charge < -0.3 is 20.3 Å². The summed E-state index contributed by atoms with van der Waals surface area (Å²) in [6.45, 7) is 3.70. The number of carbonyl (C=O) groups is 2. The molecule has 6 rings (SSSR count). The molecule has 1 atom stereocenters. The van der Waals surface area contributed by atoms with Gasteiger partial charge in [0.15, 0.2) is 0 Å². The maximum Gasteiger partial charge on any atom is 0.408 e. The van der Waals surface area contributed by atoms with E-state index in [0.717, 1.165) is 54.7 Å². The van der Waals surface area contributed by atoms with Gasteiger partial charge in [-0.15, -0.1) is 0 Å². The Hall–Kier alpha value is -5.20. The van der Waals surface area contributed by atoms with Gasteiger partial charge in [-0.2, -0.15) is 0 Å². The van der Waals surface area contributed by atoms with Crippen LogP contribution in [0, 0.1) is 0 Å². The first-order valence-corrected chi connectivity index (χ1v) is 18.3. The minimum atomic E-state index is -0.814. The number of rotatable bonds is 15. The Morgan fingerprint density at radius 3 is 1.76 bits per heavy atom. The molecule has 0 spiro atoms. The molecule has 1 fully saturated rings. The lowest BCUT2D eigenvalue weighted by atomic mass is 9.71. The number of benzene rings is 5. The van der Waals surface area contributed by atoms with E-state index in [2.05, 4.69) is 94.4 Å². The molecule has 5 aromatic rings. The van der Waals surface area contributed by atoms with Crippen LogP contribution in [-0.2, 0) is 28.0 Å². The van der Waals surface area contributed by atoms with E-state index in [4.69, 9.17) is 4.74 Å². The van der Waals surface area contributed by atoms with Crippen LogP contribution in [0.4, 0.5) is 4.79 Å². The number of hydrogen-bond acceptors (Lipinski definition) is 4. The molecule has 0 aromatic heterocycles. The average Bonchev–Trinajstić information content (AvgIpc) is 3.20. The van der Waals surface area contributed by atoms with E-state index >= 15 is 0 Å². The summed E-state index contributed by atoms with van der Waals surface area (Å²) in [6, 6.07) is 50.5. The summed E-state index contributed by atoms with van der Waals surface area (Å²) >= 11 is 0. The van der Waals surface area contributed by atoms with Crippen molar-refractivity contribution in [3.8, 4) is 0 Å². The molecule has 262 valence electrons. The highest BCUT2D eigenvalue weighted by molar-refractivity contribution is 5.86. The number of likely N-dealkylation sites (tertiary alicyclic amines) is 1. The third-order valence-electron chi connectivity index (χ3n) is 10.3. The molecule has 0 unspecified atom stereocenters. The number of carbonyl (C=O) groups excluding carboxylic acids is 2. The molecule has 51 heavy (non-hydrogen) atoms. The number of alkyl carbamates (subject to hydrolysis) is 1. The van der Waals surface area contributed by atoms with Crippen LogP contribution in [0.3, 0.4) is 0 Å². The molecule has 5 aromatic carbocycles. The van der Waals surface area contributed by atoms with Crippen LogP contribution in [0.25, 0.3) is 0 Å². The molecule has 2 N–H and O–H groups in total. The van der Waals surface area contributed by atoms with Crippen LogP contribution in [-0.4, -0.2) is 49.1 Å². The highest BCUT2D eigenvalue weighted by Crippen LogP contribution is 2.37. The van der Waals surface area contributed by atoms with Crippen molar-refractivity contribution in [1.29, 1.82) is 0 Å². The first-order chi connectivity index (χ1) is 25.1. The number of amides is 2. The Kier molecular flexibility index (Phi) is 12.7. The highest BCUT2D eigenvalue weighted by atomic mass is 16.5. The Morgan fingerprint density at radius 1 is 0.686 bits per heavy atom. The van der Waals surface area contributed by atoms with Gasteiger partial charge in [0.25, 0.3) is 0 Å². The lowest BCUT2D eigenvalue weighted by Gasteiger charge is -2.37. The van der Waals surface area contributed by atoms with Gasteiger partial charge in [-0.05, 0) is 79.1 Å². The number of ether oxygens (including phenoxy) is 1.